The summed E-state index contributed by atoms with van der Waals surface area (Å²) in [6.07, 6.45) is 0.469. The average Bonchev–Trinajstić information content (AvgIpc) is 2.37. The summed E-state index contributed by atoms with van der Waals surface area (Å²) in [4.78, 5) is 0. The number of primary sulfonamides is 1. The van der Waals surface area contributed by atoms with Crippen molar-refractivity contribution in [3.05, 3.63) is 22.7 Å². The van der Waals surface area contributed by atoms with Gasteiger partial charge >= 0.3 is 0 Å². The van der Waals surface area contributed by atoms with Crippen molar-refractivity contribution in [1.29, 1.82) is 0 Å². The summed E-state index contributed by atoms with van der Waals surface area (Å²) in [6.45, 7) is 2.13. The summed E-state index contributed by atoms with van der Waals surface area (Å²) in [5.41, 5.74) is 0.954. The van der Waals surface area contributed by atoms with E-state index in [9.17, 15) is 8.42 Å². The molecule has 0 bridgehead atoms. The Bertz CT molecular complexity index is 577. The first-order chi connectivity index (χ1) is 9.46. The summed E-state index contributed by atoms with van der Waals surface area (Å²) in [6, 6.07) is 3.68. The Balaban J connectivity index is 1.86. The van der Waals surface area contributed by atoms with Crippen LogP contribution in [0.5, 0.6) is 11.5 Å². The fourth-order valence-electron chi connectivity index (χ4n) is 1.90. The molecule has 0 radical (unpaired) electrons. The van der Waals surface area contributed by atoms with Crippen molar-refractivity contribution < 1.29 is 17.9 Å². The maximum Gasteiger partial charge on any atom is 0.209 e. The second-order valence-electron chi connectivity index (χ2n) is 4.50. The van der Waals surface area contributed by atoms with E-state index in [1.165, 1.54) is 0 Å². The maximum atomic E-state index is 10.8. The molecule has 0 unspecified atom stereocenters. The molecule has 3 N–H and O–H groups in total. The summed E-state index contributed by atoms with van der Waals surface area (Å²) >= 11 is 6.12. The van der Waals surface area contributed by atoms with Crippen LogP contribution in [0.2, 0.25) is 5.02 Å². The van der Waals surface area contributed by atoms with Crippen LogP contribution in [0.15, 0.2) is 12.1 Å². The van der Waals surface area contributed by atoms with Crippen LogP contribution >= 0.6 is 11.6 Å². The molecule has 1 aromatic carbocycles. The highest BCUT2D eigenvalue weighted by molar-refractivity contribution is 7.89. The number of benzene rings is 1. The molecule has 0 aliphatic carbocycles. The molecule has 0 atom stereocenters. The highest BCUT2D eigenvalue weighted by Gasteiger charge is 2.16. The summed E-state index contributed by atoms with van der Waals surface area (Å²) in [5.74, 6) is 1.20. The molecule has 0 saturated heterocycles. The monoisotopic (exact) mass is 320 g/mol. The van der Waals surface area contributed by atoms with E-state index >= 15 is 0 Å². The number of nitrogens with one attached hydrogen (secondary N) is 1. The molecule has 0 fully saturated rings. The standard InChI is InChI=1S/C12H17ClN2O4S/c13-10-6-9(7-11-12(10)19-4-3-18-11)8-15-2-1-5-20(14,16)17/h6-7,15H,1-5,8H2,(H2,14,16,17). The van der Waals surface area contributed by atoms with Crippen LogP contribution in [-0.4, -0.2) is 33.9 Å². The first-order valence-electron chi connectivity index (χ1n) is 6.25. The Morgan fingerprint density at radius 3 is 2.80 bits per heavy atom. The molecule has 0 amide bonds. The second-order valence-corrected chi connectivity index (χ2v) is 6.64. The van der Waals surface area contributed by atoms with Crippen LogP contribution in [0.1, 0.15) is 12.0 Å². The van der Waals surface area contributed by atoms with E-state index in [2.05, 4.69) is 5.32 Å². The number of nitrogens with two attached hydrogens (primary N) is 1. The molecular formula is C12H17ClN2O4S. The SMILES string of the molecule is NS(=O)(=O)CCCNCc1cc(Cl)c2c(c1)OCCO2. The molecule has 20 heavy (non-hydrogen) atoms. The van der Waals surface area contributed by atoms with Crippen LogP contribution in [0.4, 0.5) is 0 Å². The Morgan fingerprint density at radius 1 is 1.30 bits per heavy atom. The molecule has 0 saturated carbocycles. The lowest BCUT2D eigenvalue weighted by Gasteiger charge is -2.20. The van der Waals surface area contributed by atoms with E-state index in [4.69, 9.17) is 26.2 Å². The third-order valence-electron chi connectivity index (χ3n) is 2.77. The minimum Gasteiger partial charge on any atom is -0.486 e. The topological polar surface area (TPSA) is 90.7 Å². The molecule has 0 spiro atoms. The average molecular weight is 321 g/mol. The first-order valence-corrected chi connectivity index (χ1v) is 8.34. The maximum absolute atomic E-state index is 10.8. The van der Waals surface area contributed by atoms with Gasteiger partial charge in [0.1, 0.15) is 13.2 Å². The van der Waals surface area contributed by atoms with E-state index in [0.717, 1.165) is 5.56 Å². The smallest absolute Gasteiger partial charge is 0.209 e. The van der Waals surface area contributed by atoms with Crippen molar-refractivity contribution in [2.45, 2.75) is 13.0 Å². The fraction of sp³-hybridized carbons (Fsp3) is 0.500. The first kappa shape index (κ1) is 15.4. The van der Waals surface area contributed by atoms with Gasteiger partial charge in [-0.05, 0) is 30.7 Å². The third-order valence-corrected chi connectivity index (χ3v) is 3.91. The third kappa shape index (κ3) is 4.52. The molecular weight excluding hydrogens is 304 g/mol. The van der Waals surface area contributed by atoms with Gasteiger partial charge in [0.05, 0.1) is 10.8 Å². The molecule has 1 aliphatic rings. The van der Waals surface area contributed by atoms with Gasteiger partial charge in [-0.25, -0.2) is 13.6 Å². The second kappa shape index (κ2) is 6.62. The van der Waals surface area contributed by atoms with Crippen molar-refractivity contribution in [3.8, 4) is 11.5 Å². The van der Waals surface area contributed by atoms with Crippen LogP contribution in [0, 0.1) is 0 Å². The van der Waals surface area contributed by atoms with E-state index in [-0.39, 0.29) is 5.75 Å². The molecule has 2 rings (SSSR count). The van der Waals surface area contributed by atoms with Crippen molar-refractivity contribution in [1.82, 2.24) is 5.32 Å². The molecule has 8 heteroatoms. The number of fused-ring (bicyclic) bond motifs is 1. The number of hydrogen-bond acceptors (Lipinski definition) is 5. The highest BCUT2D eigenvalue weighted by atomic mass is 35.5. The van der Waals surface area contributed by atoms with Gasteiger partial charge in [0, 0.05) is 6.54 Å². The number of sulfonamides is 1. The molecule has 6 nitrogen and oxygen atoms in total. The summed E-state index contributed by atoms with van der Waals surface area (Å²) < 4.78 is 32.5. The Kier molecular flexibility index (Phi) is 5.09. The van der Waals surface area contributed by atoms with Gasteiger partial charge in [0.2, 0.25) is 10.0 Å². The van der Waals surface area contributed by atoms with Gasteiger partial charge in [-0.3, -0.25) is 0 Å². The molecule has 0 aromatic heterocycles. The molecule has 1 heterocycles. The van der Waals surface area contributed by atoms with Crippen molar-refractivity contribution >= 4 is 21.6 Å². The largest absolute Gasteiger partial charge is 0.486 e. The van der Waals surface area contributed by atoms with E-state index in [0.29, 0.717) is 49.2 Å². The molecule has 1 aliphatic heterocycles. The zero-order chi connectivity index (χ0) is 14.6. The summed E-state index contributed by atoms with van der Waals surface area (Å²) in [5, 5.41) is 8.57. The van der Waals surface area contributed by atoms with Crippen LogP contribution < -0.4 is 19.9 Å². The quantitative estimate of drug-likeness (QED) is 0.759. The van der Waals surface area contributed by atoms with E-state index < -0.39 is 10.0 Å². The van der Waals surface area contributed by atoms with Crippen molar-refractivity contribution in [2.75, 3.05) is 25.5 Å². The van der Waals surface area contributed by atoms with Gasteiger partial charge < -0.3 is 14.8 Å². The van der Waals surface area contributed by atoms with Gasteiger partial charge in [-0.15, -0.1) is 0 Å². The lowest BCUT2D eigenvalue weighted by molar-refractivity contribution is 0.171. The van der Waals surface area contributed by atoms with Crippen LogP contribution in [-0.2, 0) is 16.6 Å². The minimum absolute atomic E-state index is 0.0259. The predicted molar refractivity (Wildman–Crippen MR) is 76.7 cm³/mol. The lowest BCUT2D eigenvalue weighted by Crippen LogP contribution is -2.22. The van der Waals surface area contributed by atoms with Crippen LogP contribution in [0.3, 0.4) is 0 Å². The number of ether oxygens (including phenoxy) is 2. The minimum atomic E-state index is -3.39. The van der Waals surface area contributed by atoms with Gasteiger partial charge in [-0.2, -0.15) is 0 Å². The van der Waals surface area contributed by atoms with E-state index in [1.54, 1.807) is 0 Å². The molecule has 112 valence electrons. The van der Waals surface area contributed by atoms with Gasteiger partial charge in [-0.1, -0.05) is 11.6 Å². The lowest BCUT2D eigenvalue weighted by atomic mass is 10.2. The Morgan fingerprint density at radius 2 is 2.05 bits per heavy atom. The summed E-state index contributed by atoms with van der Waals surface area (Å²) in [7, 11) is -3.39. The molecule has 1 aromatic rings. The van der Waals surface area contributed by atoms with Gasteiger partial charge in [0.25, 0.3) is 0 Å². The number of rotatable bonds is 6. The Hall–Kier alpha value is -1.02. The highest BCUT2D eigenvalue weighted by Crippen LogP contribution is 2.38. The van der Waals surface area contributed by atoms with Crippen molar-refractivity contribution in [2.24, 2.45) is 5.14 Å². The van der Waals surface area contributed by atoms with Crippen LogP contribution in [0.25, 0.3) is 0 Å². The zero-order valence-electron chi connectivity index (χ0n) is 10.9. The van der Waals surface area contributed by atoms with Crippen molar-refractivity contribution in [3.63, 3.8) is 0 Å². The zero-order valence-corrected chi connectivity index (χ0v) is 12.5. The fourth-order valence-corrected chi connectivity index (χ4v) is 2.73. The normalized spacial score (nSPS) is 14.3. The number of halogens is 1. The predicted octanol–water partition coefficient (Wildman–Crippen LogP) is 0.879. The number of hydrogen-bond donors (Lipinski definition) is 2. The van der Waals surface area contributed by atoms with E-state index in [1.807, 2.05) is 12.1 Å². The Labute approximate surface area is 123 Å². The van der Waals surface area contributed by atoms with Gasteiger partial charge in [0.15, 0.2) is 11.5 Å².